The highest BCUT2D eigenvalue weighted by Gasteiger charge is 2.15. The number of hydrogen-bond acceptors (Lipinski definition) is 5. The molecule has 0 saturated carbocycles. The van der Waals surface area contributed by atoms with Gasteiger partial charge in [-0.3, -0.25) is 9.78 Å². The first-order valence-electron chi connectivity index (χ1n) is 6.10. The van der Waals surface area contributed by atoms with Gasteiger partial charge in [-0.05, 0) is 35.4 Å². The minimum absolute atomic E-state index is 0.0872. The molecule has 1 heterocycles. The molecule has 0 aliphatic heterocycles. The zero-order valence-electron chi connectivity index (χ0n) is 11.3. The van der Waals surface area contributed by atoms with Gasteiger partial charge in [-0.2, -0.15) is 4.72 Å². The molecule has 21 heavy (non-hydrogen) atoms. The third-order valence-corrected chi connectivity index (χ3v) is 4.23. The Bertz CT molecular complexity index is 712. The standard InChI is InChI=1S/C14H14N2O4S/c1-20-14(17)10-16-21(18,19)13-4-2-11(3-5-13)12-6-8-15-9-7-12/h2-9,16H,10H2,1H3. The van der Waals surface area contributed by atoms with E-state index in [4.69, 9.17) is 0 Å². The lowest BCUT2D eigenvalue weighted by Gasteiger charge is -2.07. The molecule has 0 unspecified atom stereocenters. The third kappa shape index (κ3) is 3.87. The van der Waals surface area contributed by atoms with Gasteiger partial charge in [0.25, 0.3) is 0 Å². The maximum Gasteiger partial charge on any atom is 0.320 e. The number of benzene rings is 1. The van der Waals surface area contributed by atoms with Crippen LogP contribution in [0.25, 0.3) is 11.1 Å². The zero-order valence-corrected chi connectivity index (χ0v) is 12.1. The number of nitrogens with zero attached hydrogens (tertiary/aromatic N) is 1. The number of hydrogen-bond donors (Lipinski definition) is 1. The summed E-state index contributed by atoms with van der Waals surface area (Å²) in [5.41, 5.74) is 1.82. The SMILES string of the molecule is COC(=O)CNS(=O)(=O)c1ccc(-c2ccncc2)cc1. The number of aromatic nitrogens is 1. The normalized spacial score (nSPS) is 11.1. The molecule has 6 nitrogen and oxygen atoms in total. The molecule has 110 valence electrons. The summed E-state index contributed by atoms with van der Waals surface area (Å²) in [7, 11) is -2.53. The van der Waals surface area contributed by atoms with Crippen LogP contribution in [0, 0.1) is 0 Å². The maximum absolute atomic E-state index is 12.0. The van der Waals surface area contributed by atoms with Crippen LogP contribution < -0.4 is 4.72 Å². The lowest BCUT2D eigenvalue weighted by molar-refractivity contribution is -0.139. The Labute approximate surface area is 122 Å². The van der Waals surface area contributed by atoms with Crippen molar-refractivity contribution in [1.82, 2.24) is 9.71 Å². The van der Waals surface area contributed by atoms with E-state index in [1.54, 1.807) is 24.5 Å². The molecule has 1 N–H and O–H groups in total. The fraction of sp³-hybridized carbons (Fsp3) is 0.143. The molecule has 0 radical (unpaired) electrons. The summed E-state index contributed by atoms with van der Waals surface area (Å²) in [6.07, 6.45) is 3.33. The van der Waals surface area contributed by atoms with E-state index in [0.29, 0.717) is 0 Å². The van der Waals surface area contributed by atoms with Crippen LogP contribution in [0.1, 0.15) is 0 Å². The molecule has 2 aromatic rings. The number of nitrogens with one attached hydrogen (secondary N) is 1. The van der Waals surface area contributed by atoms with Gasteiger partial charge in [-0.15, -0.1) is 0 Å². The quantitative estimate of drug-likeness (QED) is 0.839. The first-order chi connectivity index (χ1) is 10.0. The second-order valence-electron chi connectivity index (χ2n) is 4.16. The van der Waals surface area contributed by atoms with Crippen molar-refractivity contribution < 1.29 is 17.9 Å². The van der Waals surface area contributed by atoms with Crippen molar-refractivity contribution in [2.24, 2.45) is 0 Å². The Morgan fingerprint density at radius 1 is 1.10 bits per heavy atom. The van der Waals surface area contributed by atoms with Crippen LogP contribution in [-0.4, -0.2) is 33.0 Å². The number of esters is 1. The van der Waals surface area contributed by atoms with Gasteiger partial charge >= 0.3 is 5.97 Å². The number of rotatable bonds is 5. The second-order valence-corrected chi connectivity index (χ2v) is 5.93. The number of methoxy groups -OCH3 is 1. The molecular formula is C14H14N2O4S. The largest absolute Gasteiger partial charge is 0.468 e. The number of carbonyl (C=O) groups is 1. The van der Waals surface area contributed by atoms with Crippen molar-refractivity contribution in [3.05, 3.63) is 48.8 Å². The summed E-state index contributed by atoms with van der Waals surface area (Å²) >= 11 is 0. The first kappa shape index (κ1) is 15.1. The predicted molar refractivity (Wildman–Crippen MR) is 76.9 cm³/mol. The van der Waals surface area contributed by atoms with Gasteiger partial charge in [-0.25, -0.2) is 8.42 Å². The Kier molecular flexibility index (Phi) is 4.66. The molecule has 0 fully saturated rings. The molecule has 0 saturated heterocycles. The van der Waals surface area contributed by atoms with E-state index < -0.39 is 22.5 Å². The van der Waals surface area contributed by atoms with E-state index in [0.717, 1.165) is 11.1 Å². The summed E-state index contributed by atoms with van der Waals surface area (Å²) < 4.78 is 30.5. The second kappa shape index (κ2) is 6.47. The number of pyridine rings is 1. The van der Waals surface area contributed by atoms with E-state index in [-0.39, 0.29) is 4.90 Å². The monoisotopic (exact) mass is 306 g/mol. The van der Waals surface area contributed by atoms with Crippen LogP contribution in [0.4, 0.5) is 0 Å². The van der Waals surface area contributed by atoms with E-state index in [9.17, 15) is 13.2 Å². The fourth-order valence-corrected chi connectivity index (χ4v) is 2.65. The van der Waals surface area contributed by atoms with Gasteiger partial charge in [0.2, 0.25) is 10.0 Å². The van der Waals surface area contributed by atoms with Crippen LogP contribution in [0.3, 0.4) is 0 Å². The average Bonchev–Trinajstić information content (AvgIpc) is 2.53. The highest BCUT2D eigenvalue weighted by Crippen LogP contribution is 2.20. The van der Waals surface area contributed by atoms with Gasteiger partial charge in [-0.1, -0.05) is 12.1 Å². The zero-order chi connectivity index (χ0) is 15.3. The van der Waals surface area contributed by atoms with Crippen molar-refractivity contribution >= 4 is 16.0 Å². The molecule has 7 heteroatoms. The van der Waals surface area contributed by atoms with Gasteiger partial charge in [0, 0.05) is 12.4 Å². The number of carbonyl (C=O) groups excluding carboxylic acids is 1. The Hall–Kier alpha value is -2.25. The smallest absolute Gasteiger partial charge is 0.320 e. The molecule has 0 aliphatic rings. The Balaban J connectivity index is 2.17. The number of sulfonamides is 1. The van der Waals surface area contributed by atoms with Crippen LogP contribution in [-0.2, 0) is 19.6 Å². The van der Waals surface area contributed by atoms with Crippen LogP contribution >= 0.6 is 0 Å². The van der Waals surface area contributed by atoms with E-state index in [1.807, 2.05) is 12.1 Å². The van der Waals surface area contributed by atoms with Crippen molar-refractivity contribution in [1.29, 1.82) is 0 Å². The molecule has 2 rings (SSSR count). The minimum atomic E-state index is -3.73. The summed E-state index contributed by atoms with van der Waals surface area (Å²) in [6, 6.07) is 10.0. The molecule has 1 aromatic heterocycles. The van der Waals surface area contributed by atoms with Gasteiger partial charge in [0.1, 0.15) is 6.54 Å². The first-order valence-corrected chi connectivity index (χ1v) is 7.58. The average molecular weight is 306 g/mol. The van der Waals surface area contributed by atoms with E-state index >= 15 is 0 Å². The van der Waals surface area contributed by atoms with Crippen molar-refractivity contribution in [2.45, 2.75) is 4.90 Å². The van der Waals surface area contributed by atoms with Crippen molar-refractivity contribution in [2.75, 3.05) is 13.7 Å². The minimum Gasteiger partial charge on any atom is -0.468 e. The molecule has 0 atom stereocenters. The van der Waals surface area contributed by atoms with Gasteiger partial charge in [0.15, 0.2) is 0 Å². The fourth-order valence-electron chi connectivity index (χ4n) is 1.68. The van der Waals surface area contributed by atoms with E-state index in [1.165, 1.54) is 19.2 Å². The molecule has 1 aromatic carbocycles. The summed E-state index contributed by atoms with van der Waals surface area (Å²) in [4.78, 5) is 15.0. The summed E-state index contributed by atoms with van der Waals surface area (Å²) in [6.45, 7) is -0.398. The van der Waals surface area contributed by atoms with Crippen LogP contribution in [0.15, 0.2) is 53.7 Å². The lowest BCUT2D eigenvalue weighted by atomic mass is 10.1. The third-order valence-electron chi connectivity index (χ3n) is 2.81. The Morgan fingerprint density at radius 2 is 1.67 bits per heavy atom. The topological polar surface area (TPSA) is 85.4 Å². The summed E-state index contributed by atoms with van der Waals surface area (Å²) in [5, 5.41) is 0. The molecular weight excluding hydrogens is 292 g/mol. The molecule has 0 spiro atoms. The lowest BCUT2D eigenvalue weighted by Crippen LogP contribution is -2.30. The maximum atomic E-state index is 12.0. The molecule has 0 bridgehead atoms. The van der Waals surface area contributed by atoms with Crippen LogP contribution in [0.5, 0.6) is 0 Å². The summed E-state index contributed by atoms with van der Waals surface area (Å²) in [5.74, 6) is -0.646. The van der Waals surface area contributed by atoms with E-state index in [2.05, 4.69) is 14.4 Å². The molecule has 0 aliphatic carbocycles. The van der Waals surface area contributed by atoms with Crippen LogP contribution in [0.2, 0.25) is 0 Å². The predicted octanol–water partition coefficient (Wildman–Crippen LogP) is 1.20. The van der Waals surface area contributed by atoms with Crippen molar-refractivity contribution in [3.63, 3.8) is 0 Å². The van der Waals surface area contributed by atoms with Gasteiger partial charge in [0.05, 0.1) is 12.0 Å². The highest BCUT2D eigenvalue weighted by molar-refractivity contribution is 7.89. The van der Waals surface area contributed by atoms with Crippen molar-refractivity contribution in [3.8, 4) is 11.1 Å². The molecule has 0 amide bonds. The highest BCUT2D eigenvalue weighted by atomic mass is 32.2. The Morgan fingerprint density at radius 3 is 2.24 bits per heavy atom. The van der Waals surface area contributed by atoms with Gasteiger partial charge < -0.3 is 4.74 Å². The number of ether oxygens (including phenoxy) is 1.